The molecule has 0 bridgehead atoms. The molecule has 0 N–H and O–H groups in total. The lowest BCUT2D eigenvalue weighted by Gasteiger charge is -2.08. The molecule has 0 radical (unpaired) electrons. The van der Waals surface area contributed by atoms with Crippen molar-refractivity contribution in [3.8, 4) is 28.5 Å². The summed E-state index contributed by atoms with van der Waals surface area (Å²) in [6.07, 6.45) is 1.78. The van der Waals surface area contributed by atoms with Crippen LogP contribution in [0.4, 0.5) is 5.69 Å². The zero-order chi connectivity index (χ0) is 23.2. The zero-order valence-corrected chi connectivity index (χ0v) is 20.8. The summed E-state index contributed by atoms with van der Waals surface area (Å²) in [5, 5.41) is 6.83. The van der Waals surface area contributed by atoms with Gasteiger partial charge in [0.2, 0.25) is 4.80 Å². The minimum atomic E-state index is 0.644. The molecule has 0 unspecified atom stereocenters. The van der Waals surface area contributed by atoms with Crippen LogP contribution in [0.1, 0.15) is 5.56 Å². The lowest BCUT2D eigenvalue weighted by atomic mass is 10.2. The van der Waals surface area contributed by atoms with Crippen LogP contribution in [0.25, 0.3) is 11.3 Å². The largest absolute Gasteiger partial charge is 0.497 e. The lowest BCUT2D eigenvalue weighted by molar-refractivity contribution is 0.355. The maximum Gasteiger partial charge on any atom is 0.211 e. The smallest absolute Gasteiger partial charge is 0.211 e. The average Bonchev–Trinajstić information content (AvgIpc) is 3.24. The second-order valence-electron chi connectivity index (χ2n) is 6.90. The first-order chi connectivity index (χ1) is 16.1. The molecule has 0 spiro atoms. The third-order valence-electron chi connectivity index (χ3n) is 4.81. The minimum Gasteiger partial charge on any atom is -0.497 e. The highest BCUT2D eigenvalue weighted by Gasteiger charge is 2.09. The molecule has 0 aliphatic rings. The van der Waals surface area contributed by atoms with Crippen LogP contribution in [0.15, 0.2) is 86.7 Å². The molecule has 6 nitrogen and oxygen atoms in total. The van der Waals surface area contributed by atoms with E-state index < -0.39 is 0 Å². The van der Waals surface area contributed by atoms with Crippen molar-refractivity contribution in [1.82, 2.24) is 4.68 Å². The van der Waals surface area contributed by atoms with Gasteiger partial charge in [0, 0.05) is 21.5 Å². The van der Waals surface area contributed by atoms with Gasteiger partial charge in [0.25, 0.3) is 0 Å². The summed E-state index contributed by atoms with van der Waals surface area (Å²) in [5.74, 6) is 2.06. The van der Waals surface area contributed by atoms with E-state index >= 15 is 0 Å². The van der Waals surface area contributed by atoms with Crippen molar-refractivity contribution in [3.63, 3.8) is 0 Å². The average molecular weight is 524 g/mol. The minimum absolute atomic E-state index is 0.644. The summed E-state index contributed by atoms with van der Waals surface area (Å²) in [6, 6.07) is 21.4. The van der Waals surface area contributed by atoms with E-state index in [0.717, 1.165) is 37.5 Å². The number of ether oxygens (including phenoxy) is 3. The number of rotatable bonds is 7. The van der Waals surface area contributed by atoms with Crippen LogP contribution in [0, 0.1) is 0 Å². The Morgan fingerprint density at radius 2 is 1.70 bits per heavy atom. The highest BCUT2D eigenvalue weighted by Crippen LogP contribution is 2.28. The van der Waals surface area contributed by atoms with E-state index in [1.165, 1.54) is 11.3 Å². The number of benzene rings is 3. The maximum absolute atomic E-state index is 5.42. The van der Waals surface area contributed by atoms with Crippen LogP contribution >= 0.6 is 27.3 Å². The molecule has 1 heterocycles. The Morgan fingerprint density at radius 3 is 2.45 bits per heavy atom. The highest BCUT2D eigenvalue weighted by molar-refractivity contribution is 9.10. The van der Waals surface area contributed by atoms with E-state index in [0.29, 0.717) is 11.5 Å². The predicted molar refractivity (Wildman–Crippen MR) is 136 cm³/mol. The summed E-state index contributed by atoms with van der Waals surface area (Å²) >= 11 is 5.07. The Labute approximate surface area is 204 Å². The van der Waals surface area contributed by atoms with Crippen molar-refractivity contribution in [1.29, 1.82) is 0 Å². The van der Waals surface area contributed by atoms with Gasteiger partial charge in [0.1, 0.15) is 5.75 Å². The first kappa shape index (κ1) is 22.8. The molecule has 0 saturated heterocycles. The SMILES string of the molecule is COc1cccc(N=c2scc(-c3cccc(Br)c3)n2/N=C/c2ccc(OC)c(OC)c2)c1. The zero-order valence-electron chi connectivity index (χ0n) is 18.4. The molecule has 0 fully saturated rings. The van der Waals surface area contributed by atoms with Crippen molar-refractivity contribution < 1.29 is 14.2 Å². The first-order valence-electron chi connectivity index (χ1n) is 10.0. The molecule has 1 aromatic heterocycles. The van der Waals surface area contributed by atoms with Gasteiger partial charge in [-0.3, -0.25) is 0 Å². The van der Waals surface area contributed by atoms with Crippen molar-refractivity contribution in [2.75, 3.05) is 21.3 Å². The van der Waals surface area contributed by atoms with Crippen LogP contribution in [0.2, 0.25) is 0 Å². The molecule has 8 heteroatoms. The van der Waals surface area contributed by atoms with Crippen LogP contribution in [0.3, 0.4) is 0 Å². The van der Waals surface area contributed by atoms with Gasteiger partial charge in [-0.05, 0) is 48.0 Å². The van der Waals surface area contributed by atoms with Gasteiger partial charge in [-0.25, -0.2) is 9.67 Å². The summed E-state index contributed by atoms with van der Waals surface area (Å²) in [6.45, 7) is 0. The van der Waals surface area contributed by atoms with Crippen molar-refractivity contribution in [2.24, 2.45) is 10.1 Å². The van der Waals surface area contributed by atoms with E-state index in [4.69, 9.17) is 24.3 Å². The van der Waals surface area contributed by atoms with Gasteiger partial charge < -0.3 is 14.2 Å². The fourth-order valence-corrected chi connectivity index (χ4v) is 4.44. The molecule has 0 atom stereocenters. The molecule has 0 aliphatic heterocycles. The molecule has 0 amide bonds. The fraction of sp³-hybridized carbons (Fsp3) is 0.120. The Bertz CT molecular complexity index is 1360. The van der Waals surface area contributed by atoms with Gasteiger partial charge in [0.15, 0.2) is 11.5 Å². The first-order valence-corrected chi connectivity index (χ1v) is 11.7. The normalized spacial score (nSPS) is 11.7. The van der Waals surface area contributed by atoms with Crippen molar-refractivity contribution >= 4 is 39.2 Å². The number of nitrogens with zero attached hydrogens (tertiary/aromatic N) is 3. The molecular formula is C25H22BrN3O3S. The summed E-state index contributed by atoms with van der Waals surface area (Å²) in [7, 11) is 4.87. The third kappa shape index (κ3) is 5.35. The Balaban J connectivity index is 1.82. The van der Waals surface area contributed by atoms with E-state index in [1.807, 2.05) is 70.7 Å². The number of halogens is 1. The highest BCUT2D eigenvalue weighted by atomic mass is 79.9. The topological polar surface area (TPSA) is 57.3 Å². The van der Waals surface area contributed by atoms with Crippen LogP contribution < -0.4 is 19.0 Å². The van der Waals surface area contributed by atoms with Crippen LogP contribution in [-0.4, -0.2) is 32.2 Å². The number of hydrogen-bond acceptors (Lipinski definition) is 6. The second kappa shape index (κ2) is 10.5. The van der Waals surface area contributed by atoms with Crippen molar-refractivity contribution in [2.45, 2.75) is 0 Å². The van der Waals surface area contributed by atoms with Gasteiger partial charge in [-0.1, -0.05) is 34.1 Å². The number of thiazole rings is 1. The Hall–Kier alpha value is -3.36. The molecule has 33 heavy (non-hydrogen) atoms. The van der Waals surface area contributed by atoms with Gasteiger partial charge in [0.05, 0.1) is 38.9 Å². The second-order valence-corrected chi connectivity index (χ2v) is 8.65. The molecule has 0 saturated carbocycles. The predicted octanol–water partition coefficient (Wildman–Crippen LogP) is 6.12. The molecule has 4 aromatic rings. The fourth-order valence-electron chi connectivity index (χ4n) is 3.18. The van der Waals surface area contributed by atoms with E-state index in [9.17, 15) is 0 Å². The number of hydrogen-bond donors (Lipinski definition) is 0. The van der Waals surface area contributed by atoms with Gasteiger partial charge in [-0.15, -0.1) is 11.3 Å². The van der Waals surface area contributed by atoms with Crippen LogP contribution in [0.5, 0.6) is 17.2 Å². The standard InChI is InChI=1S/C25H22BrN3O3S/c1-30-21-9-5-8-20(14-21)28-25-29(22(16-33-25)18-6-4-7-19(26)13-18)27-15-17-10-11-23(31-2)24(12-17)32-3/h4-16H,1-3H3/b27-15+,28-25?. The van der Waals surface area contributed by atoms with E-state index in [-0.39, 0.29) is 0 Å². The van der Waals surface area contributed by atoms with Crippen LogP contribution in [-0.2, 0) is 0 Å². The van der Waals surface area contributed by atoms with Gasteiger partial charge >= 0.3 is 0 Å². The maximum atomic E-state index is 5.42. The molecule has 3 aromatic carbocycles. The van der Waals surface area contributed by atoms with Crippen molar-refractivity contribution in [3.05, 3.63) is 86.9 Å². The quantitative estimate of drug-likeness (QED) is 0.274. The van der Waals surface area contributed by atoms with E-state index in [2.05, 4.69) is 22.0 Å². The number of methoxy groups -OCH3 is 3. The van der Waals surface area contributed by atoms with E-state index in [1.54, 1.807) is 27.5 Å². The summed E-state index contributed by atoms with van der Waals surface area (Å²) in [5.41, 5.74) is 3.61. The van der Waals surface area contributed by atoms with Gasteiger partial charge in [-0.2, -0.15) is 5.10 Å². The Morgan fingerprint density at radius 1 is 0.879 bits per heavy atom. The number of aromatic nitrogens is 1. The monoisotopic (exact) mass is 523 g/mol. The third-order valence-corrected chi connectivity index (χ3v) is 6.12. The Kier molecular flexibility index (Phi) is 7.26. The summed E-state index contributed by atoms with van der Waals surface area (Å²) < 4.78 is 18.9. The molecule has 168 valence electrons. The molecule has 0 aliphatic carbocycles. The lowest BCUT2D eigenvalue weighted by Crippen LogP contribution is -2.11. The molecular weight excluding hydrogens is 502 g/mol. The molecule has 4 rings (SSSR count). The summed E-state index contributed by atoms with van der Waals surface area (Å²) in [4.78, 5) is 5.55.